The first-order chi connectivity index (χ1) is 6.72. The van der Waals surface area contributed by atoms with E-state index in [0.717, 1.165) is 39.3 Å². The van der Waals surface area contributed by atoms with Crippen molar-refractivity contribution < 1.29 is 4.74 Å². The molecule has 3 heteroatoms. The molecule has 0 bridgehead atoms. The van der Waals surface area contributed by atoms with Crippen molar-refractivity contribution in [3.8, 4) is 6.07 Å². The Morgan fingerprint density at radius 3 is 3.07 bits per heavy atom. The molecule has 0 aromatic carbocycles. The predicted molar refractivity (Wildman–Crippen MR) is 53.7 cm³/mol. The van der Waals surface area contributed by atoms with Crippen molar-refractivity contribution in [2.24, 2.45) is 11.3 Å². The Hall–Kier alpha value is -0.590. The third-order valence-corrected chi connectivity index (χ3v) is 3.36. The summed E-state index contributed by atoms with van der Waals surface area (Å²) in [6, 6.07) is 2.42. The Bertz CT molecular complexity index is 242. The van der Waals surface area contributed by atoms with E-state index in [2.05, 4.69) is 17.9 Å². The van der Waals surface area contributed by atoms with Crippen molar-refractivity contribution in [2.45, 2.75) is 19.8 Å². The van der Waals surface area contributed by atoms with Crippen molar-refractivity contribution in [2.75, 3.05) is 32.8 Å². The first-order valence-corrected chi connectivity index (χ1v) is 5.43. The molecule has 0 N–H and O–H groups in total. The number of nitriles is 1. The summed E-state index contributed by atoms with van der Waals surface area (Å²) in [5.74, 6) is 0.705. The monoisotopic (exact) mass is 194 g/mol. The molecule has 2 aliphatic heterocycles. The van der Waals surface area contributed by atoms with E-state index in [4.69, 9.17) is 10.00 Å². The van der Waals surface area contributed by atoms with Crippen molar-refractivity contribution in [1.82, 2.24) is 4.90 Å². The van der Waals surface area contributed by atoms with E-state index in [1.54, 1.807) is 0 Å². The number of rotatable bonds is 2. The molecular weight excluding hydrogens is 176 g/mol. The van der Waals surface area contributed by atoms with Gasteiger partial charge in [0, 0.05) is 19.7 Å². The first kappa shape index (κ1) is 9.95. The lowest BCUT2D eigenvalue weighted by Crippen LogP contribution is -2.29. The van der Waals surface area contributed by atoms with Crippen LogP contribution in [0.15, 0.2) is 0 Å². The molecule has 2 atom stereocenters. The SMILES string of the molecule is CC1(C#N)CCN(CC2CCOC2)C1. The summed E-state index contributed by atoms with van der Waals surface area (Å²) in [6.07, 6.45) is 2.22. The second-order valence-corrected chi connectivity index (χ2v) is 4.89. The van der Waals surface area contributed by atoms with Gasteiger partial charge in [0.1, 0.15) is 0 Å². The lowest BCUT2D eigenvalue weighted by Gasteiger charge is -2.20. The average Bonchev–Trinajstić information content (AvgIpc) is 2.78. The molecule has 2 rings (SSSR count). The Balaban J connectivity index is 1.81. The smallest absolute Gasteiger partial charge is 0.0700 e. The molecule has 0 aromatic heterocycles. The fourth-order valence-corrected chi connectivity index (χ4v) is 2.40. The molecule has 2 saturated heterocycles. The molecule has 0 aliphatic carbocycles. The van der Waals surface area contributed by atoms with Gasteiger partial charge >= 0.3 is 0 Å². The zero-order valence-electron chi connectivity index (χ0n) is 8.83. The zero-order chi connectivity index (χ0) is 10.0. The topological polar surface area (TPSA) is 36.3 Å². The molecule has 2 unspecified atom stereocenters. The first-order valence-electron chi connectivity index (χ1n) is 5.43. The van der Waals surface area contributed by atoms with Crippen molar-refractivity contribution in [3.05, 3.63) is 0 Å². The largest absolute Gasteiger partial charge is 0.381 e. The molecule has 0 aromatic rings. The number of hydrogen-bond acceptors (Lipinski definition) is 3. The molecule has 14 heavy (non-hydrogen) atoms. The van der Waals surface area contributed by atoms with Gasteiger partial charge in [-0.3, -0.25) is 0 Å². The van der Waals surface area contributed by atoms with E-state index in [-0.39, 0.29) is 5.41 Å². The van der Waals surface area contributed by atoms with Gasteiger partial charge in [-0.1, -0.05) is 0 Å². The van der Waals surface area contributed by atoms with Crippen LogP contribution in [0.1, 0.15) is 19.8 Å². The highest BCUT2D eigenvalue weighted by atomic mass is 16.5. The fourth-order valence-electron chi connectivity index (χ4n) is 2.40. The van der Waals surface area contributed by atoms with Crippen LogP contribution in [-0.4, -0.2) is 37.7 Å². The summed E-state index contributed by atoms with van der Waals surface area (Å²) in [4.78, 5) is 2.42. The van der Waals surface area contributed by atoms with Gasteiger partial charge in [-0.2, -0.15) is 5.26 Å². The number of nitrogens with zero attached hydrogens (tertiary/aromatic N) is 2. The molecule has 0 spiro atoms. The maximum absolute atomic E-state index is 9.00. The van der Waals surface area contributed by atoms with Crippen LogP contribution in [0.3, 0.4) is 0 Å². The van der Waals surface area contributed by atoms with Crippen LogP contribution < -0.4 is 0 Å². The molecular formula is C11H18N2O. The van der Waals surface area contributed by atoms with Gasteiger partial charge in [-0.05, 0) is 32.2 Å². The van der Waals surface area contributed by atoms with Crippen LogP contribution in [-0.2, 0) is 4.74 Å². The van der Waals surface area contributed by atoms with Crippen LogP contribution in [0.25, 0.3) is 0 Å². The van der Waals surface area contributed by atoms with Gasteiger partial charge in [0.15, 0.2) is 0 Å². The van der Waals surface area contributed by atoms with Gasteiger partial charge in [-0.15, -0.1) is 0 Å². The maximum Gasteiger partial charge on any atom is 0.0700 e. The second-order valence-electron chi connectivity index (χ2n) is 4.89. The Kier molecular flexibility index (Phi) is 2.76. The van der Waals surface area contributed by atoms with Gasteiger partial charge in [-0.25, -0.2) is 0 Å². The predicted octanol–water partition coefficient (Wildman–Crippen LogP) is 1.26. The molecule has 2 fully saturated rings. The summed E-state index contributed by atoms with van der Waals surface area (Å²) in [7, 11) is 0. The summed E-state index contributed by atoms with van der Waals surface area (Å²) >= 11 is 0. The highest BCUT2D eigenvalue weighted by Gasteiger charge is 2.34. The quantitative estimate of drug-likeness (QED) is 0.664. The van der Waals surface area contributed by atoms with Crippen LogP contribution in [0, 0.1) is 22.7 Å². The van der Waals surface area contributed by atoms with Gasteiger partial charge < -0.3 is 9.64 Å². The molecule has 0 amide bonds. The Labute approximate surface area is 85.6 Å². The Morgan fingerprint density at radius 1 is 1.64 bits per heavy atom. The summed E-state index contributed by atoms with van der Waals surface area (Å²) < 4.78 is 5.35. The number of hydrogen-bond donors (Lipinski definition) is 0. The van der Waals surface area contributed by atoms with Crippen molar-refractivity contribution in [3.63, 3.8) is 0 Å². The molecule has 2 aliphatic rings. The average molecular weight is 194 g/mol. The van der Waals surface area contributed by atoms with E-state index < -0.39 is 0 Å². The van der Waals surface area contributed by atoms with Crippen molar-refractivity contribution >= 4 is 0 Å². The normalized spacial score (nSPS) is 38.7. The second kappa shape index (κ2) is 3.88. The molecule has 2 heterocycles. The van der Waals surface area contributed by atoms with Crippen LogP contribution >= 0.6 is 0 Å². The standard InChI is InChI=1S/C11H18N2O/c1-11(8-12)3-4-13(9-11)6-10-2-5-14-7-10/h10H,2-7,9H2,1H3. The van der Waals surface area contributed by atoms with Crippen LogP contribution in [0.5, 0.6) is 0 Å². The molecule has 3 nitrogen and oxygen atoms in total. The lowest BCUT2D eigenvalue weighted by molar-refractivity contribution is 0.172. The molecule has 0 radical (unpaired) electrons. The highest BCUT2D eigenvalue weighted by Crippen LogP contribution is 2.29. The zero-order valence-corrected chi connectivity index (χ0v) is 8.83. The van der Waals surface area contributed by atoms with Gasteiger partial charge in [0.25, 0.3) is 0 Å². The minimum atomic E-state index is -0.0978. The highest BCUT2D eigenvalue weighted by molar-refractivity contribution is 5.02. The lowest BCUT2D eigenvalue weighted by atomic mass is 9.92. The maximum atomic E-state index is 9.00. The number of ether oxygens (including phenoxy) is 1. The van der Waals surface area contributed by atoms with Gasteiger partial charge in [0.2, 0.25) is 0 Å². The van der Waals surface area contributed by atoms with E-state index in [1.807, 2.05) is 0 Å². The van der Waals surface area contributed by atoms with Crippen LogP contribution in [0.2, 0.25) is 0 Å². The van der Waals surface area contributed by atoms with E-state index in [1.165, 1.54) is 6.42 Å². The fraction of sp³-hybridized carbons (Fsp3) is 0.909. The van der Waals surface area contributed by atoms with Crippen molar-refractivity contribution in [1.29, 1.82) is 5.26 Å². The Morgan fingerprint density at radius 2 is 2.50 bits per heavy atom. The third kappa shape index (κ3) is 2.08. The molecule has 78 valence electrons. The van der Waals surface area contributed by atoms with Crippen LogP contribution in [0.4, 0.5) is 0 Å². The third-order valence-electron chi connectivity index (χ3n) is 3.36. The van der Waals surface area contributed by atoms with E-state index in [9.17, 15) is 0 Å². The van der Waals surface area contributed by atoms with E-state index in [0.29, 0.717) is 5.92 Å². The number of likely N-dealkylation sites (tertiary alicyclic amines) is 1. The summed E-state index contributed by atoms with van der Waals surface area (Å²) in [5, 5.41) is 9.00. The molecule has 0 saturated carbocycles. The minimum absolute atomic E-state index is 0.0978. The summed E-state index contributed by atoms with van der Waals surface area (Å²) in [5.41, 5.74) is -0.0978. The van der Waals surface area contributed by atoms with E-state index >= 15 is 0 Å². The summed E-state index contributed by atoms with van der Waals surface area (Å²) in [6.45, 7) is 7.06. The van der Waals surface area contributed by atoms with Gasteiger partial charge in [0.05, 0.1) is 18.1 Å². The minimum Gasteiger partial charge on any atom is -0.381 e.